The van der Waals surface area contributed by atoms with Gasteiger partial charge in [-0.3, -0.25) is 13.9 Å². The van der Waals surface area contributed by atoms with Gasteiger partial charge in [0, 0.05) is 18.1 Å². The number of unbranched alkanes of at least 4 members (excludes halogenated alkanes) is 1. The number of rotatable bonds is 12. The largest absolute Gasteiger partial charge is 0.354 e. The molecule has 0 aliphatic carbocycles. The van der Waals surface area contributed by atoms with Crippen molar-refractivity contribution in [2.24, 2.45) is 0 Å². The summed E-state index contributed by atoms with van der Waals surface area (Å²) in [7, 11) is -3.77. The topological polar surface area (TPSA) is 86.8 Å². The number of nitrogens with one attached hydrogen (secondary N) is 1. The maximum Gasteiger partial charge on any atom is 0.244 e. The summed E-state index contributed by atoms with van der Waals surface area (Å²) in [5.74, 6) is -0.711. The van der Waals surface area contributed by atoms with Crippen LogP contribution in [0.25, 0.3) is 0 Å². The fourth-order valence-corrected chi connectivity index (χ4v) is 4.73. The van der Waals surface area contributed by atoms with E-state index in [0.717, 1.165) is 29.0 Å². The molecule has 0 spiro atoms. The number of aryl methyl sites for hydroxylation is 1. The Morgan fingerprint density at radius 2 is 1.79 bits per heavy atom. The maximum absolute atomic E-state index is 13.5. The molecule has 2 aromatic carbocycles. The monoisotopic (exact) mass is 507 g/mol. The number of amides is 2. The van der Waals surface area contributed by atoms with Crippen LogP contribution in [0.4, 0.5) is 5.69 Å². The summed E-state index contributed by atoms with van der Waals surface area (Å²) in [6.45, 7) is 5.83. The van der Waals surface area contributed by atoms with Crippen LogP contribution < -0.4 is 9.62 Å². The fourth-order valence-electron chi connectivity index (χ4n) is 3.60. The van der Waals surface area contributed by atoms with E-state index < -0.39 is 28.5 Å². The van der Waals surface area contributed by atoms with Crippen molar-refractivity contribution in [2.75, 3.05) is 30.2 Å². The summed E-state index contributed by atoms with van der Waals surface area (Å²) in [5.41, 5.74) is 2.03. The summed E-state index contributed by atoms with van der Waals surface area (Å²) in [6, 6.07) is 13.7. The zero-order valence-electron chi connectivity index (χ0n) is 20.3. The molecule has 0 radical (unpaired) electrons. The molecule has 186 valence electrons. The molecule has 0 aliphatic rings. The van der Waals surface area contributed by atoms with Crippen molar-refractivity contribution >= 4 is 39.1 Å². The van der Waals surface area contributed by atoms with Gasteiger partial charge >= 0.3 is 0 Å². The summed E-state index contributed by atoms with van der Waals surface area (Å²) in [4.78, 5) is 27.7. The van der Waals surface area contributed by atoms with Crippen LogP contribution in [-0.2, 0) is 26.0 Å². The van der Waals surface area contributed by atoms with Crippen LogP contribution in [0.5, 0.6) is 0 Å². The summed E-state index contributed by atoms with van der Waals surface area (Å²) in [5, 5.41) is 3.34. The second kappa shape index (κ2) is 12.8. The van der Waals surface area contributed by atoms with Crippen molar-refractivity contribution in [1.82, 2.24) is 10.2 Å². The summed E-state index contributed by atoms with van der Waals surface area (Å²) in [6.07, 6.45) is 3.38. The SMILES string of the molecule is CCCCNC(=O)C(C)N(CCc1ccccc1)C(=O)CN(c1ccc(Cl)cc1C)S(C)(=O)=O. The van der Waals surface area contributed by atoms with Crippen LogP contribution in [0.3, 0.4) is 0 Å². The molecule has 0 bridgehead atoms. The fraction of sp³-hybridized carbons (Fsp3) is 0.440. The predicted octanol–water partition coefficient (Wildman–Crippen LogP) is 3.79. The molecule has 2 rings (SSSR count). The third kappa shape index (κ3) is 8.02. The molecule has 2 aromatic rings. The summed E-state index contributed by atoms with van der Waals surface area (Å²) < 4.78 is 26.3. The Morgan fingerprint density at radius 1 is 1.12 bits per heavy atom. The second-order valence-electron chi connectivity index (χ2n) is 8.34. The van der Waals surface area contributed by atoms with E-state index in [4.69, 9.17) is 11.6 Å². The zero-order valence-corrected chi connectivity index (χ0v) is 21.8. The lowest BCUT2D eigenvalue weighted by Gasteiger charge is -2.32. The van der Waals surface area contributed by atoms with E-state index >= 15 is 0 Å². The highest BCUT2D eigenvalue weighted by molar-refractivity contribution is 7.92. The number of hydrogen-bond donors (Lipinski definition) is 1. The Balaban J connectivity index is 2.30. The zero-order chi connectivity index (χ0) is 25.3. The standard InChI is InChI=1S/C25H34ClN3O4S/c1-5-6-15-27-25(31)20(3)28(16-14-21-10-8-7-9-11-21)24(30)18-29(34(4,32)33)23-13-12-22(26)17-19(23)2/h7-13,17,20H,5-6,14-16,18H2,1-4H3,(H,27,31). The lowest BCUT2D eigenvalue weighted by Crippen LogP contribution is -2.52. The molecule has 0 aliphatic heterocycles. The predicted molar refractivity (Wildman–Crippen MR) is 138 cm³/mol. The molecule has 0 aromatic heterocycles. The van der Waals surface area contributed by atoms with Gasteiger partial charge in [-0.15, -0.1) is 0 Å². The second-order valence-corrected chi connectivity index (χ2v) is 10.7. The van der Waals surface area contributed by atoms with Crippen LogP contribution >= 0.6 is 11.6 Å². The van der Waals surface area contributed by atoms with E-state index in [1.807, 2.05) is 37.3 Å². The van der Waals surface area contributed by atoms with Crippen molar-refractivity contribution in [1.29, 1.82) is 0 Å². The molecular weight excluding hydrogens is 474 g/mol. The molecule has 1 atom stereocenters. The van der Waals surface area contributed by atoms with Gasteiger partial charge in [-0.2, -0.15) is 0 Å². The molecule has 0 saturated carbocycles. The minimum Gasteiger partial charge on any atom is -0.354 e. The highest BCUT2D eigenvalue weighted by atomic mass is 35.5. The average Bonchev–Trinajstić information content (AvgIpc) is 2.78. The van der Waals surface area contributed by atoms with Crippen molar-refractivity contribution in [3.05, 3.63) is 64.7 Å². The van der Waals surface area contributed by atoms with E-state index in [1.165, 1.54) is 4.90 Å². The van der Waals surface area contributed by atoms with Crippen LogP contribution in [0.1, 0.15) is 37.8 Å². The molecule has 7 nitrogen and oxygen atoms in total. The van der Waals surface area contributed by atoms with E-state index in [2.05, 4.69) is 5.32 Å². The Morgan fingerprint density at radius 3 is 2.38 bits per heavy atom. The Labute approximate surface area is 208 Å². The number of halogens is 1. The number of hydrogen-bond acceptors (Lipinski definition) is 4. The number of carbonyl (C=O) groups is 2. The van der Waals surface area contributed by atoms with E-state index in [9.17, 15) is 18.0 Å². The summed E-state index contributed by atoms with van der Waals surface area (Å²) >= 11 is 6.03. The average molecular weight is 508 g/mol. The highest BCUT2D eigenvalue weighted by Crippen LogP contribution is 2.26. The first-order chi connectivity index (χ1) is 16.0. The van der Waals surface area contributed by atoms with Crippen LogP contribution in [-0.4, -0.2) is 57.1 Å². The minimum atomic E-state index is -3.77. The van der Waals surface area contributed by atoms with Gasteiger partial charge in [0.15, 0.2) is 0 Å². The number of benzene rings is 2. The van der Waals surface area contributed by atoms with Gasteiger partial charge in [-0.25, -0.2) is 8.42 Å². The number of anilines is 1. The highest BCUT2D eigenvalue weighted by Gasteiger charge is 2.30. The number of carbonyl (C=O) groups excluding carboxylic acids is 2. The van der Waals surface area contributed by atoms with E-state index in [1.54, 1.807) is 32.0 Å². The molecule has 0 saturated heterocycles. The number of nitrogens with zero attached hydrogens (tertiary/aromatic N) is 2. The normalized spacial score (nSPS) is 12.1. The Bertz CT molecular complexity index is 1080. The maximum atomic E-state index is 13.5. The lowest BCUT2D eigenvalue weighted by molar-refractivity contribution is -0.138. The molecular formula is C25H34ClN3O4S. The molecule has 34 heavy (non-hydrogen) atoms. The van der Waals surface area contributed by atoms with Crippen LogP contribution in [0.2, 0.25) is 5.02 Å². The first-order valence-electron chi connectivity index (χ1n) is 11.4. The first kappa shape index (κ1) is 27.7. The third-order valence-corrected chi connectivity index (χ3v) is 6.95. The number of sulfonamides is 1. The first-order valence-corrected chi connectivity index (χ1v) is 13.6. The van der Waals surface area contributed by atoms with E-state index in [0.29, 0.717) is 29.2 Å². The van der Waals surface area contributed by atoms with Crippen molar-refractivity contribution in [3.8, 4) is 0 Å². The van der Waals surface area contributed by atoms with Gasteiger partial charge in [-0.05, 0) is 56.0 Å². The van der Waals surface area contributed by atoms with Crippen molar-refractivity contribution < 1.29 is 18.0 Å². The van der Waals surface area contributed by atoms with Gasteiger partial charge < -0.3 is 10.2 Å². The molecule has 2 amide bonds. The van der Waals surface area contributed by atoms with Gasteiger partial charge in [0.05, 0.1) is 11.9 Å². The quantitative estimate of drug-likeness (QED) is 0.443. The molecule has 0 heterocycles. The Kier molecular flexibility index (Phi) is 10.4. The van der Waals surface area contributed by atoms with E-state index in [-0.39, 0.29) is 12.5 Å². The lowest BCUT2D eigenvalue weighted by atomic mass is 10.1. The smallest absolute Gasteiger partial charge is 0.244 e. The van der Waals surface area contributed by atoms with Gasteiger partial charge in [0.1, 0.15) is 12.6 Å². The van der Waals surface area contributed by atoms with Crippen molar-refractivity contribution in [2.45, 2.75) is 46.1 Å². The third-order valence-electron chi connectivity index (χ3n) is 5.59. The van der Waals surface area contributed by atoms with Gasteiger partial charge in [0.2, 0.25) is 21.8 Å². The van der Waals surface area contributed by atoms with Gasteiger partial charge in [-0.1, -0.05) is 55.3 Å². The minimum absolute atomic E-state index is 0.261. The van der Waals surface area contributed by atoms with Gasteiger partial charge in [0.25, 0.3) is 0 Å². The molecule has 1 unspecified atom stereocenters. The molecule has 9 heteroatoms. The van der Waals surface area contributed by atoms with Crippen LogP contribution in [0.15, 0.2) is 48.5 Å². The van der Waals surface area contributed by atoms with Crippen LogP contribution in [0, 0.1) is 6.92 Å². The van der Waals surface area contributed by atoms with Crippen molar-refractivity contribution in [3.63, 3.8) is 0 Å². The Hall–Kier alpha value is -2.58. The molecule has 1 N–H and O–H groups in total. The molecule has 0 fully saturated rings.